The third-order valence-electron chi connectivity index (χ3n) is 6.35. The molecule has 0 amide bonds. The van der Waals surface area contributed by atoms with Crippen LogP contribution in [-0.2, 0) is 6.54 Å². The Morgan fingerprint density at radius 2 is 1.80 bits per heavy atom. The van der Waals surface area contributed by atoms with E-state index < -0.39 is 17.3 Å². The van der Waals surface area contributed by atoms with Crippen molar-refractivity contribution in [1.82, 2.24) is 19.3 Å². The smallest absolute Gasteiger partial charge is 0.344 e. The molecule has 4 aromatic rings. The van der Waals surface area contributed by atoms with Crippen LogP contribution < -0.4 is 16.3 Å². The highest BCUT2D eigenvalue weighted by atomic mass is 32.1. The summed E-state index contributed by atoms with van der Waals surface area (Å²) in [5.41, 5.74) is 7.99. The van der Waals surface area contributed by atoms with Gasteiger partial charge in [0, 0.05) is 35.0 Å². The van der Waals surface area contributed by atoms with Gasteiger partial charge in [-0.1, -0.05) is 25.1 Å². The van der Waals surface area contributed by atoms with E-state index in [-0.39, 0.29) is 23.6 Å². The van der Waals surface area contributed by atoms with Crippen LogP contribution in [0.5, 0.6) is 0 Å². The lowest BCUT2D eigenvalue weighted by Crippen LogP contribution is -2.65. The van der Waals surface area contributed by atoms with E-state index in [1.54, 1.807) is 11.3 Å². The molecule has 2 aromatic heterocycles. The Hall–Kier alpha value is -3.37. The fourth-order valence-electron chi connectivity index (χ4n) is 4.42. The van der Waals surface area contributed by atoms with Gasteiger partial charge in [0.05, 0.1) is 17.9 Å². The van der Waals surface area contributed by atoms with Crippen LogP contribution >= 0.6 is 11.3 Å². The van der Waals surface area contributed by atoms with Crippen LogP contribution in [-0.4, -0.2) is 38.0 Å². The molecule has 10 heteroatoms. The van der Waals surface area contributed by atoms with Crippen LogP contribution in [0.15, 0.2) is 53.6 Å². The Bertz CT molecular complexity index is 1410. The Kier molecular flexibility index (Phi) is 5.80. The lowest BCUT2D eigenvalue weighted by atomic mass is 9.95. The molecule has 1 aliphatic heterocycles. The van der Waals surface area contributed by atoms with Gasteiger partial charge < -0.3 is 10.6 Å². The molecule has 0 spiro atoms. The summed E-state index contributed by atoms with van der Waals surface area (Å²) in [5, 5.41) is 5.13. The molecule has 0 aliphatic carbocycles. The second-order valence-electron chi connectivity index (χ2n) is 9.42. The summed E-state index contributed by atoms with van der Waals surface area (Å²) in [7, 11) is 0. The van der Waals surface area contributed by atoms with Crippen LogP contribution in [0.4, 0.5) is 13.9 Å². The van der Waals surface area contributed by atoms with Gasteiger partial charge in [-0.2, -0.15) is 9.78 Å². The zero-order valence-corrected chi connectivity index (χ0v) is 20.5. The Morgan fingerprint density at radius 1 is 1.14 bits per heavy atom. The predicted octanol–water partition coefficient (Wildman–Crippen LogP) is 3.81. The number of halogens is 2. The molecule has 1 fully saturated rings. The van der Waals surface area contributed by atoms with E-state index in [0.717, 1.165) is 29.5 Å². The lowest BCUT2D eigenvalue weighted by molar-refractivity contribution is 0.365. The van der Waals surface area contributed by atoms with Crippen molar-refractivity contribution in [3.63, 3.8) is 0 Å². The first-order chi connectivity index (χ1) is 16.6. The van der Waals surface area contributed by atoms with Gasteiger partial charge in [-0.25, -0.2) is 18.6 Å². The normalized spacial score (nSPS) is 15.8. The minimum Gasteiger partial charge on any atom is -0.344 e. The molecule has 2 aromatic carbocycles. The molecule has 0 saturated carbocycles. The standard InChI is InChI=1S/C25H26F2N6OS/c1-15(22-16(2)30-23(35-22)32-12-25(3,28)13-32)17-7-9-18(10-8-17)33-24(34)31(14-29-33)11-19-20(26)5-4-6-21(19)27/h4-10,14-15H,11-13,28H2,1-3H3. The van der Waals surface area contributed by atoms with Gasteiger partial charge in [-0.15, -0.1) is 11.3 Å². The average Bonchev–Trinajstić information content (AvgIpc) is 3.36. The van der Waals surface area contributed by atoms with Crippen molar-refractivity contribution in [2.45, 2.75) is 38.8 Å². The maximum Gasteiger partial charge on any atom is 0.350 e. The van der Waals surface area contributed by atoms with Crippen molar-refractivity contribution in [2.24, 2.45) is 5.73 Å². The van der Waals surface area contributed by atoms with E-state index in [1.165, 1.54) is 38.7 Å². The molecule has 0 bridgehead atoms. The highest BCUT2D eigenvalue weighted by molar-refractivity contribution is 7.15. The molecule has 3 heterocycles. The number of aromatic nitrogens is 4. The summed E-state index contributed by atoms with van der Waals surface area (Å²) in [6, 6.07) is 11.2. The number of thiazole rings is 1. The molecule has 0 radical (unpaired) electrons. The Labute approximate surface area is 205 Å². The minimum absolute atomic E-state index is 0.124. The summed E-state index contributed by atoms with van der Waals surface area (Å²) >= 11 is 1.68. The second kappa shape index (κ2) is 8.69. The molecule has 35 heavy (non-hydrogen) atoms. The maximum atomic E-state index is 14.0. The van der Waals surface area contributed by atoms with E-state index >= 15 is 0 Å². The third-order valence-corrected chi connectivity index (χ3v) is 7.75. The van der Waals surface area contributed by atoms with Gasteiger partial charge in [0.25, 0.3) is 0 Å². The summed E-state index contributed by atoms with van der Waals surface area (Å²) in [6.07, 6.45) is 1.29. The molecular weight excluding hydrogens is 470 g/mol. The number of benzene rings is 2. The van der Waals surface area contributed by atoms with Gasteiger partial charge in [0.2, 0.25) is 0 Å². The highest BCUT2D eigenvalue weighted by Gasteiger charge is 2.37. The fraction of sp³-hybridized carbons (Fsp3) is 0.320. The summed E-state index contributed by atoms with van der Waals surface area (Å²) in [4.78, 5) is 21.0. The summed E-state index contributed by atoms with van der Waals surface area (Å²) < 4.78 is 30.4. The first-order valence-electron chi connectivity index (χ1n) is 11.3. The van der Waals surface area contributed by atoms with Crippen LogP contribution in [0.1, 0.15) is 41.5 Å². The molecule has 5 rings (SSSR count). The monoisotopic (exact) mass is 496 g/mol. The van der Waals surface area contributed by atoms with Crippen LogP contribution in [0.3, 0.4) is 0 Å². The van der Waals surface area contributed by atoms with Crippen molar-refractivity contribution in [3.8, 4) is 5.69 Å². The van der Waals surface area contributed by atoms with Crippen LogP contribution in [0, 0.1) is 18.6 Å². The van der Waals surface area contributed by atoms with Crippen LogP contribution in [0.25, 0.3) is 5.69 Å². The number of rotatable bonds is 6. The molecule has 2 N–H and O–H groups in total. The van der Waals surface area contributed by atoms with E-state index in [0.29, 0.717) is 5.69 Å². The largest absolute Gasteiger partial charge is 0.350 e. The molecule has 1 unspecified atom stereocenters. The minimum atomic E-state index is -0.698. The van der Waals surface area contributed by atoms with Crippen molar-refractivity contribution in [2.75, 3.05) is 18.0 Å². The van der Waals surface area contributed by atoms with Gasteiger partial charge in [0.1, 0.15) is 18.0 Å². The predicted molar refractivity (Wildman–Crippen MR) is 132 cm³/mol. The van der Waals surface area contributed by atoms with E-state index in [1.807, 2.05) is 38.1 Å². The molecule has 1 aliphatic rings. The number of anilines is 1. The first-order valence-corrected chi connectivity index (χ1v) is 12.1. The quantitative estimate of drug-likeness (QED) is 0.439. The SMILES string of the molecule is Cc1nc(N2CC(C)(N)C2)sc1C(C)c1ccc(-n2ncn(Cc3c(F)cccc3F)c2=O)cc1. The Morgan fingerprint density at radius 3 is 2.43 bits per heavy atom. The van der Waals surface area contributed by atoms with Crippen molar-refractivity contribution in [3.05, 3.63) is 92.6 Å². The topological polar surface area (TPSA) is 82.0 Å². The average molecular weight is 497 g/mol. The van der Waals surface area contributed by atoms with Crippen LogP contribution in [0.2, 0.25) is 0 Å². The first kappa shape index (κ1) is 23.4. The summed E-state index contributed by atoms with van der Waals surface area (Å²) in [5.74, 6) is -1.27. The van der Waals surface area contributed by atoms with E-state index in [9.17, 15) is 13.6 Å². The zero-order valence-electron chi connectivity index (χ0n) is 19.7. The maximum absolute atomic E-state index is 14.0. The Balaban J connectivity index is 1.34. The van der Waals surface area contributed by atoms with Gasteiger partial charge in [0.15, 0.2) is 5.13 Å². The molecule has 1 atom stereocenters. The van der Waals surface area contributed by atoms with Crippen molar-refractivity contribution in [1.29, 1.82) is 0 Å². The van der Waals surface area contributed by atoms with E-state index in [2.05, 4.69) is 16.9 Å². The zero-order chi connectivity index (χ0) is 24.9. The van der Waals surface area contributed by atoms with Gasteiger partial charge >= 0.3 is 5.69 Å². The molecular formula is C25H26F2N6OS. The van der Waals surface area contributed by atoms with E-state index in [4.69, 9.17) is 10.7 Å². The van der Waals surface area contributed by atoms with Gasteiger partial charge in [-0.05, 0) is 43.7 Å². The van der Waals surface area contributed by atoms with Gasteiger partial charge in [-0.3, -0.25) is 4.57 Å². The number of aryl methyl sites for hydroxylation is 1. The third kappa shape index (κ3) is 4.39. The molecule has 1 saturated heterocycles. The van der Waals surface area contributed by atoms with Crippen molar-refractivity contribution < 1.29 is 8.78 Å². The number of hydrogen-bond donors (Lipinski definition) is 1. The highest BCUT2D eigenvalue weighted by Crippen LogP contribution is 2.37. The summed E-state index contributed by atoms with van der Waals surface area (Å²) in [6.45, 7) is 7.56. The number of hydrogen-bond acceptors (Lipinski definition) is 6. The van der Waals surface area contributed by atoms with Crippen molar-refractivity contribution >= 4 is 16.5 Å². The number of nitrogens with two attached hydrogens (primary N) is 1. The number of nitrogens with zero attached hydrogens (tertiary/aromatic N) is 5. The fourth-order valence-corrected chi connectivity index (χ4v) is 5.56. The lowest BCUT2D eigenvalue weighted by Gasteiger charge is -2.45. The molecule has 7 nitrogen and oxygen atoms in total. The molecule has 182 valence electrons. The second-order valence-corrected chi connectivity index (χ2v) is 10.4.